The first-order valence-electron chi connectivity index (χ1n) is 5.27. The van der Waals surface area contributed by atoms with Crippen LogP contribution in [0.5, 0.6) is 0 Å². The van der Waals surface area contributed by atoms with Crippen molar-refractivity contribution in [3.05, 3.63) is 0 Å². The van der Waals surface area contributed by atoms with Crippen LogP contribution in [-0.2, 0) is 14.6 Å². The van der Waals surface area contributed by atoms with Gasteiger partial charge < -0.3 is 11.1 Å². The van der Waals surface area contributed by atoms with E-state index in [-0.39, 0.29) is 17.9 Å². The molecule has 0 spiro atoms. The molecule has 1 rings (SSSR count). The Kier molecular flexibility index (Phi) is 5.57. The van der Waals surface area contributed by atoms with Crippen molar-refractivity contribution in [3.8, 4) is 0 Å². The fourth-order valence-corrected chi connectivity index (χ4v) is 4.20. The molecule has 0 aromatic carbocycles. The molecule has 1 fully saturated rings. The third-order valence-corrected chi connectivity index (χ3v) is 5.53. The summed E-state index contributed by atoms with van der Waals surface area (Å²) < 4.78 is 22.9. The standard InChI is InChI=1S/C9H18N2O3S2/c10-9(12)1-3-16(13,14)4-2-15-7-8-5-11-6-8/h8,11H,1-7H2,(H2,10,12). The van der Waals surface area contributed by atoms with E-state index in [1.807, 2.05) is 0 Å². The van der Waals surface area contributed by atoms with E-state index >= 15 is 0 Å². The third-order valence-electron chi connectivity index (χ3n) is 2.42. The number of nitrogens with one attached hydrogen (secondary N) is 1. The molecule has 7 heteroatoms. The summed E-state index contributed by atoms with van der Waals surface area (Å²) in [4.78, 5) is 10.5. The predicted octanol–water partition coefficient (Wildman–Crippen LogP) is -0.771. The quantitative estimate of drug-likeness (QED) is 0.563. The molecular weight excluding hydrogens is 248 g/mol. The average molecular weight is 266 g/mol. The first kappa shape index (κ1) is 13.8. The number of nitrogens with two attached hydrogens (primary N) is 1. The van der Waals surface area contributed by atoms with Crippen LogP contribution >= 0.6 is 11.8 Å². The Morgan fingerprint density at radius 3 is 2.56 bits per heavy atom. The Bertz CT molecular complexity index is 326. The molecule has 94 valence electrons. The van der Waals surface area contributed by atoms with E-state index in [1.54, 1.807) is 11.8 Å². The Labute approximate surface area is 100 Å². The van der Waals surface area contributed by atoms with Gasteiger partial charge in [0.25, 0.3) is 0 Å². The van der Waals surface area contributed by atoms with Gasteiger partial charge >= 0.3 is 0 Å². The molecule has 16 heavy (non-hydrogen) atoms. The van der Waals surface area contributed by atoms with Crippen LogP contribution in [0, 0.1) is 5.92 Å². The zero-order valence-electron chi connectivity index (χ0n) is 9.15. The van der Waals surface area contributed by atoms with Crippen LogP contribution < -0.4 is 11.1 Å². The van der Waals surface area contributed by atoms with E-state index < -0.39 is 15.7 Å². The lowest BCUT2D eigenvalue weighted by atomic mass is 10.1. The number of amides is 1. The van der Waals surface area contributed by atoms with Gasteiger partial charge in [0.2, 0.25) is 5.91 Å². The number of rotatable bonds is 8. The van der Waals surface area contributed by atoms with Gasteiger partial charge in [-0.15, -0.1) is 0 Å². The van der Waals surface area contributed by atoms with Gasteiger partial charge in [0.15, 0.2) is 9.84 Å². The Morgan fingerprint density at radius 1 is 1.38 bits per heavy atom. The monoisotopic (exact) mass is 266 g/mol. The van der Waals surface area contributed by atoms with Gasteiger partial charge in [0, 0.05) is 12.2 Å². The van der Waals surface area contributed by atoms with Crippen molar-refractivity contribution < 1.29 is 13.2 Å². The fourth-order valence-electron chi connectivity index (χ4n) is 1.26. The second-order valence-electron chi connectivity index (χ2n) is 3.97. The van der Waals surface area contributed by atoms with Crippen molar-refractivity contribution in [3.63, 3.8) is 0 Å². The molecule has 0 saturated carbocycles. The van der Waals surface area contributed by atoms with Crippen molar-refractivity contribution >= 4 is 27.5 Å². The molecule has 0 bridgehead atoms. The Balaban J connectivity index is 2.07. The molecule has 1 saturated heterocycles. The Morgan fingerprint density at radius 2 is 2.06 bits per heavy atom. The van der Waals surface area contributed by atoms with Crippen LogP contribution in [0.2, 0.25) is 0 Å². The number of hydrogen-bond acceptors (Lipinski definition) is 5. The van der Waals surface area contributed by atoms with E-state index in [0.29, 0.717) is 11.7 Å². The minimum absolute atomic E-state index is 0.0699. The molecule has 1 heterocycles. The van der Waals surface area contributed by atoms with Crippen molar-refractivity contribution in [2.75, 3.05) is 36.1 Å². The van der Waals surface area contributed by atoms with Crippen molar-refractivity contribution in [1.82, 2.24) is 5.32 Å². The third kappa shape index (κ3) is 5.72. The predicted molar refractivity (Wildman–Crippen MR) is 66.1 cm³/mol. The van der Waals surface area contributed by atoms with Crippen LogP contribution in [0.15, 0.2) is 0 Å². The number of sulfone groups is 1. The minimum Gasteiger partial charge on any atom is -0.370 e. The molecule has 1 aliphatic heterocycles. The van der Waals surface area contributed by atoms with E-state index in [2.05, 4.69) is 5.32 Å². The molecule has 1 aliphatic rings. The van der Waals surface area contributed by atoms with Crippen molar-refractivity contribution in [1.29, 1.82) is 0 Å². The van der Waals surface area contributed by atoms with Crippen molar-refractivity contribution in [2.45, 2.75) is 6.42 Å². The van der Waals surface area contributed by atoms with Gasteiger partial charge in [-0.25, -0.2) is 8.42 Å². The highest BCUT2D eigenvalue weighted by Gasteiger charge is 2.17. The number of thioether (sulfide) groups is 1. The van der Waals surface area contributed by atoms with Gasteiger partial charge in [-0.2, -0.15) is 11.8 Å². The zero-order valence-corrected chi connectivity index (χ0v) is 10.8. The summed E-state index contributed by atoms with van der Waals surface area (Å²) >= 11 is 1.66. The van der Waals surface area contributed by atoms with E-state index in [1.165, 1.54) is 0 Å². The fraction of sp³-hybridized carbons (Fsp3) is 0.889. The molecule has 0 unspecified atom stereocenters. The molecule has 0 aromatic rings. The van der Waals surface area contributed by atoms with E-state index in [9.17, 15) is 13.2 Å². The summed E-state index contributed by atoms with van der Waals surface area (Å²) in [6, 6.07) is 0. The van der Waals surface area contributed by atoms with E-state index in [0.717, 1.165) is 18.8 Å². The summed E-state index contributed by atoms with van der Waals surface area (Å²) in [5.41, 5.74) is 4.90. The van der Waals surface area contributed by atoms with Gasteiger partial charge in [-0.05, 0) is 24.8 Å². The second-order valence-corrected chi connectivity index (χ2v) is 7.42. The van der Waals surface area contributed by atoms with E-state index in [4.69, 9.17) is 5.73 Å². The smallest absolute Gasteiger partial charge is 0.218 e. The maximum Gasteiger partial charge on any atom is 0.218 e. The topological polar surface area (TPSA) is 89.3 Å². The lowest BCUT2D eigenvalue weighted by molar-refractivity contribution is -0.117. The van der Waals surface area contributed by atoms with Gasteiger partial charge in [0.1, 0.15) is 0 Å². The molecular formula is C9H18N2O3S2. The first-order valence-corrected chi connectivity index (χ1v) is 8.24. The molecule has 0 radical (unpaired) electrons. The SMILES string of the molecule is NC(=O)CCS(=O)(=O)CCSCC1CNC1. The number of carbonyl (C=O) groups is 1. The van der Waals surface area contributed by atoms with Crippen LogP contribution in [0.3, 0.4) is 0 Å². The van der Waals surface area contributed by atoms with Crippen LogP contribution in [0.4, 0.5) is 0 Å². The lowest BCUT2D eigenvalue weighted by Gasteiger charge is -2.26. The lowest BCUT2D eigenvalue weighted by Crippen LogP contribution is -2.43. The molecule has 5 nitrogen and oxygen atoms in total. The average Bonchev–Trinajstić information content (AvgIpc) is 2.12. The van der Waals surface area contributed by atoms with Crippen LogP contribution in [-0.4, -0.2) is 50.4 Å². The number of primary amides is 1. The minimum atomic E-state index is -3.10. The number of hydrogen-bond donors (Lipinski definition) is 2. The van der Waals surface area contributed by atoms with Crippen LogP contribution in [0.25, 0.3) is 0 Å². The summed E-state index contributed by atoms with van der Waals surface area (Å²) in [6.07, 6.45) is -0.0699. The molecule has 0 aliphatic carbocycles. The van der Waals surface area contributed by atoms with Crippen molar-refractivity contribution in [2.24, 2.45) is 11.7 Å². The first-order chi connectivity index (χ1) is 7.49. The number of carbonyl (C=O) groups excluding carboxylic acids is 1. The molecule has 0 aromatic heterocycles. The van der Waals surface area contributed by atoms with Gasteiger partial charge in [0.05, 0.1) is 11.5 Å². The summed E-state index contributed by atoms with van der Waals surface area (Å²) in [6.45, 7) is 2.09. The summed E-state index contributed by atoms with van der Waals surface area (Å²) in [5, 5.41) is 3.17. The molecule has 3 N–H and O–H groups in total. The highest BCUT2D eigenvalue weighted by atomic mass is 32.2. The Hall–Kier alpha value is -0.270. The summed E-state index contributed by atoms with van der Waals surface area (Å²) in [7, 11) is -3.10. The highest BCUT2D eigenvalue weighted by Crippen LogP contribution is 2.12. The largest absolute Gasteiger partial charge is 0.370 e. The normalized spacial score (nSPS) is 17.0. The van der Waals surface area contributed by atoms with Gasteiger partial charge in [-0.3, -0.25) is 4.79 Å². The maximum absolute atomic E-state index is 11.4. The molecule has 0 atom stereocenters. The second kappa shape index (κ2) is 6.46. The molecule has 1 amide bonds. The van der Waals surface area contributed by atoms with Gasteiger partial charge in [-0.1, -0.05) is 0 Å². The maximum atomic E-state index is 11.4. The highest BCUT2D eigenvalue weighted by molar-refractivity contribution is 8.00. The summed E-state index contributed by atoms with van der Waals surface area (Å²) in [5.74, 6) is 1.78. The zero-order chi connectivity index (χ0) is 12.0. The van der Waals surface area contributed by atoms with Crippen LogP contribution in [0.1, 0.15) is 6.42 Å².